The number of para-hydroxylation sites is 1. The van der Waals surface area contributed by atoms with Crippen LogP contribution < -0.4 is 10.6 Å². The molecule has 0 radical (unpaired) electrons. The summed E-state index contributed by atoms with van der Waals surface area (Å²) in [5.41, 5.74) is 0. The van der Waals surface area contributed by atoms with Crippen LogP contribution in [0.15, 0.2) is 30.3 Å². The molecule has 0 aliphatic rings. The Bertz CT molecular complexity index is 459. The molecule has 130 valence electrons. The van der Waals surface area contributed by atoms with E-state index in [2.05, 4.69) is 47.4 Å². The lowest BCUT2D eigenvalue weighted by molar-refractivity contribution is -0.476. The van der Waals surface area contributed by atoms with E-state index in [9.17, 15) is 0 Å². The van der Waals surface area contributed by atoms with Gasteiger partial charge < -0.3 is 9.57 Å². The topological polar surface area (TPSA) is 54.0 Å². The number of nitrogens with two attached hydrogens (primary N) is 1. The van der Waals surface area contributed by atoms with Crippen LogP contribution in [-0.4, -0.2) is 74.8 Å². The summed E-state index contributed by atoms with van der Waals surface area (Å²) in [5.74, 6) is 7.22. The fourth-order valence-electron chi connectivity index (χ4n) is 2.58. The van der Waals surface area contributed by atoms with Gasteiger partial charge in [0.2, 0.25) is 0 Å². The molecule has 2 N–H and O–H groups in total. The molecule has 1 rings (SSSR count). The van der Waals surface area contributed by atoms with E-state index in [1.165, 1.54) is 5.96 Å². The third kappa shape index (κ3) is 7.34. The first-order valence-electron chi connectivity index (χ1n) is 8.02. The fraction of sp³-hybridized carbons (Fsp3) is 0.588. The van der Waals surface area contributed by atoms with Crippen LogP contribution >= 0.6 is 0 Å². The second-order valence-electron chi connectivity index (χ2n) is 5.82. The van der Waals surface area contributed by atoms with Gasteiger partial charge in [0.1, 0.15) is 5.75 Å². The van der Waals surface area contributed by atoms with Gasteiger partial charge in [-0.25, -0.2) is 5.90 Å². The maximum absolute atomic E-state index is 5.77. The van der Waals surface area contributed by atoms with Gasteiger partial charge >= 0.3 is 5.96 Å². The largest absolute Gasteiger partial charge is 0.493 e. The summed E-state index contributed by atoms with van der Waals surface area (Å²) in [4.78, 5) is 9.16. The Morgan fingerprint density at radius 2 is 1.65 bits per heavy atom. The highest BCUT2D eigenvalue weighted by Crippen LogP contribution is 2.09. The molecule has 0 saturated heterocycles. The van der Waals surface area contributed by atoms with Crippen LogP contribution in [0.2, 0.25) is 0 Å². The molecular formula is C17H31N4O2+. The zero-order valence-corrected chi connectivity index (χ0v) is 14.9. The number of benzene rings is 1. The summed E-state index contributed by atoms with van der Waals surface area (Å²) < 4.78 is 7.90. The molecule has 0 unspecified atom stereocenters. The van der Waals surface area contributed by atoms with Crippen molar-refractivity contribution in [2.24, 2.45) is 5.90 Å². The Hall–Kier alpha value is -1.79. The Morgan fingerprint density at radius 3 is 2.17 bits per heavy atom. The van der Waals surface area contributed by atoms with Gasteiger partial charge in [0, 0.05) is 12.8 Å². The zero-order chi connectivity index (χ0) is 17.1. The lowest BCUT2D eigenvalue weighted by atomic mass is 10.3. The van der Waals surface area contributed by atoms with Crippen molar-refractivity contribution in [1.82, 2.24) is 9.80 Å². The van der Waals surface area contributed by atoms with Gasteiger partial charge in [-0.15, -0.1) is 0 Å². The van der Waals surface area contributed by atoms with Crippen molar-refractivity contribution in [3.8, 4) is 5.75 Å². The second-order valence-corrected chi connectivity index (χ2v) is 5.82. The highest BCUT2D eigenvalue weighted by Gasteiger charge is 2.21. The van der Waals surface area contributed by atoms with Gasteiger partial charge in [0.15, 0.2) is 0 Å². The minimum atomic E-state index is 0.561. The van der Waals surface area contributed by atoms with Crippen molar-refractivity contribution in [1.29, 1.82) is 0 Å². The van der Waals surface area contributed by atoms with E-state index in [1.807, 2.05) is 30.3 Å². The molecule has 23 heavy (non-hydrogen) atoms. The number of guanidine groups is 1. The van der Waals surface area contributed by atoms with Crippen molar-refractivity contribution in [3.63, 3.8) is 0 Å². The molecule has 0 aromatic heterocycles. The predicted molar refractivity (Wildman–Crippen MR) is 93.7 cm³/mol. The van der Waals surface area contributed by atoms with Crippen LogP contribution in [-0.2, 0) is 4.84 Å². The fourth-order valence-corrected chi connectivity index (χ4v) is 2.58. The maximum atomic E-state index is 5.77. The van der Waals surface area contributed by atoms with Gasteiger partial charge in [-0.05, 0) is 12.1 Å². The first-order chi connectivity index (χ1) is 11.1. The molecule has 1 aromatic rings. The summed E-state index contributed by atoms with van der Waals surface area (Å²) >= 11 is 0. The summed E-state index contributed by atoms with van der Waals surface area (Å²) in [6.07, 6.45) is 1.84. The van der Waals surface area contributed by atoms with Crippen LogP contribution in [0.5, 0.6) is 5.75 Å². The van der Waals surface area contributed by atoms with Crippen molar-refractivity contribution in [2.45, 2.75) is 12.8 Å². The van der Waals surface area contributed by atoms with Crippen LogP contribution in [0.25, 0.3) is 0 Å². The van der Waals surface area contributed by atoms with E-state index in [-0.39, 0.29) is 0 Å². The SMILES string of the molecule is CN(C)C(N(CCCON)CCCOc1ccccc1)=[N+](C)C. The Morgan fingerprint density at radius 1 is 1.04 bits per heavy atom. The molecule has 0 heterocycles. The third-order valence-corrected chi connectivity index (χ3v) is 3.36. The number of ether oxygens (including phenoxy) is 1. The Balaban J connectivity index is 2.53. The molecule has 0 atom stereocenters. The van der Waals surface area contributed by atoms with Crippen LogP contribution in [0.1, 0.15) is 12.8 Å². The molecule has 0 amide bonds. The first kappa shape index (κ1) is 19.3. The molecule has 0 aliphatic heterocycles. The predicted octanol–water partition coefficient (Wildman–Crippen LogP) is 1.23. The Kier molecular flexibility index (Phi) is 9.09. The van der Waals surface area contributed by atoms with Gasteiger partial charge in [-0.2, -0.15) is 0 Å². The second kappa shape index (κ2) is 10.9. The highest BCUT2D eigenvalue weighted by molar-refractivity contribution is 5.74. The van der Waals surface area contributed by atoms with E-state index >= 15 is 0 Å². The van der Waals surface area contributed by atoms with E-state index in [1.54, 1.807) is 0 Å². The number of rotatable bonds is 9. The van der Waals surface area contributed by atoms with Crippen LogP contribution in [0.3, 0.4) is 0 Å². The minimum Gasteiger partial charge on any atom is -0.493 e. The monoisotopic (exact) mass is 323 g/mol. The van der Waals surface area contributed by atoms with Crippen LogP contribution in [0.4, 0.5) is 0 Å². The molecule has 1 aromatic carbocycles. The van der Waals surface area contributed by atoms with Gasteiger partial charge in [0.05, 0.1) is 54.5 Å². The quantitative estimate of drug-likeness (QED) is 0.243. The van der Waals surface area contributed by atoms with E-state index in [4.69, 9.17) is 10.6 Å². The number of hydrogen-bond acceptors (Lipinski definition) is 3. The van der Waals surface area contributed by atoms with Crippen LogP contribution in [0, 0.1) is 0 Å². The first-order valence-corrected chi connectivity index (χ1v) is 8.02. The maximum Gasteiger partial charge on any atom is 0.349 e. The van der Waals surface area contributed by atoms with Crippen molar-refractivity contribution < 1.29 is 14.1 Å². The zero-order valence-electron chi connectivity index (χ0n) is 14.9. The number of hydrogen-bond donors (Lipinski definition) is 1. The lowest BCUT2D eigenvalue weighted by Gasteiger charge is -2.25. The highest BCUT2D eigenvalue weighted by atomic mass is 16.6. The summed E-state index contributed by atoms with van der Waals surface area (Å²) in [6.45, 7) is 3.07. The van der Waals surface area contributed by atoms with E-state index in [0.717, 1.165) is 31.7 Å². The molecule has 6 nitrogen and oxygen atoms in total. The molecule has 0 spiro atoms. The standard InChI is InChI=1S/C17H31N4O2/c1-19(2)17(20(3)4)21(13-9-15-23-18)12-8-14-22-16-10-6-5-7-11-16/h5-7,10-11H,8-9,12-15,18H2,1-4H3/q+1. The lowest BCUT2D eigenvalue weighted by Crippen LogP contribution is -2.46. The molecule has 6 heteroatoms. The molecule has 0 bridgehead atoms. The Labute approximate surface area is 140 Å². The summed E-state index contributed by atoms with van der Waals surface area (Å²) in [7, 11) is 8.23. The molecule has 0 saturated carbocycles. The molecular weight excluding hydrogens is 292 g/mol. The van der Waals surface area contributed by atoms with E-state index < -0.39 is 0 Å². The molecule has 0 aliphatic carbocycles. The average Bonchev–Trinajstić information content (AvgIpc) is 2.51. The normalized spacial score (nSPS) is 10.3. The van der Waals surface area contributed by atoms with Crippen molar-refractivity contribution in [3.05, 3.63) is 30.3 Å². The molecule has 0 fully saturated rings. The van der Waals surface area contributed by atoms with Crippen molar-refractivity contribution in [2.75, 3.05) is 54.5 Å². The van der Waals surface area contributed by atoms with Gasteiger partial charge in [-0.1, -0.05) is 18.2 Å². The average molecular weight is 323 g/mol. The smallest absolute Gasteiger partial charge is 0.349 e. The number of nitrogens with zero attached hydrogens (tertiary/aromatic N) is 3. The minimum absolute atomic E-state index is 0.561. The van der Waals surface area contributed by atoms with Gasteiger partial charge in [-0.3, -0.25) is 14.4 Å². The third-order valence-electron chi connectivity index (χ3n) is 3.36. The summed E-state index contributed by atoms with van der Waals surface area (Å²) in [5, 5.41) is 0. The van der Waals surface area contributed by atoms with Gasteiger partial charge in [0.25, 0.3) is 0 Å². The van der Waals surface area contributed by atoms with E-state index in [0.29, 0.717) is 13.2 Å². The summed E-state index contributed by atoms with van der Waals surface area (Å²) in [6, 6.07) is 9.92. The van der Waals surface area contributed by atoms with Crippen molar-refractivity contribution >= 4 is 5.96 Å².